The molecule has 9 aromatic carbocycles. The van der Waals surface area contributed by atoms with Crippen molar-refractivity contribution in [2.75, 3.05) is 0 Å². The van der Waals surface area contributed by atoms with E-state index in [0.29, 0.717) is 17.5 Å². The van der Waals surface area contributed by atoms with Gasteiger partial charge in [-0.2, -0.15) is 0 Å². The van der Waals surface area contributed by atoms with Crippen LogP contribution in [0.25, 0.3) is 111 Å². The molecular weight excluding hydrogens is 671 g/mol. The number of hydrogen-bond donors (Lipinski definition) is 0. The van der Waals surface area contributed by atoms with E-state index in [1.165, 1.54) is 27.3 Å². The Labute approximate surface area is 317 Å². The topological polar surface area (TPSA) is 51.8 Å². The molecule has 0 saturated heterocycles. The Hall–Kier alpha value is -7.43. The number of rotatable bonds is 5. The molecule has 0 amide bonds. The lowest BCUT2D eigenvalue weighted by Crippen LogP contribution is -2.00. The first-order valence-electron chi connectivity index (χ1n) is 18.5. The molecule has 0 aliphatic rings. The molecule has 0 fully saturated rings. The number of aromatic nitrogens is 3. The largest absolute Gasteiger partial charge is 0.456 e. The molecule has 0 spiro atoms. The van der Waals surface area contributed by atoms with Crippen LogP contribution in [0, 0.1) is 0 Å². The zero-order valence-electron chi connectivity index (χ0n) is 29.6. The average molecular weight is 702 g/mol. The summed E-state index contributed by atoms with van der Waals surface area (Å²) in [6.07, 6.45) is 0. The van der Waals surface area contributed by atoms with Crippen LogP contribution in [0.3, 0.4) is 0 Å². The van der Waals surface area contributed by atoms with Gasteiger partial charge in [-0.1, -0.05) is 140 Å². The predicted molar refractivity (Wildman–Crippen MR) is 227 cm³/mol. The van der Waals surface area contributed by atoms with Gasteiger partial charge in [-0.25, -0.2) is 15.0 Å². The van der Waals surface area contributed by atoms with Gasteiger partial charge in [0.05, 0.1) is 0 Å². The highest BCUT2D eigenvalue weighted by atomic mass is 16.3. The molecule has 55 heavy (non-hydrogen) atoms. The van der Waals surface area contributed by atoms with Gasteiger partial charge in [-0.3, -0.25) is 0 Å². The van der Waals surface area contributed by atoms with Crippen molar-refractivity contribution in [2.45, 2.75) is 0 Å². The Bertz CT molecular complexity index is 3270. The fraction of sp³-hybridized carbons (Fsp3) is 0. The second-order valence-electron chi connectivity index (χ2n) is 14.1. The molecule has 0 radical (unpaired) electrons. The highest BCUT2D eigenvalue weighted by molar-refractivity contribution is 6.07. The van der Waals surface area contributed by atoms with Crippen LogP contribution in [0.2, 0.25) is 0 Å². The summed E-state index contributed by atoms with van der Waals surface area (Å²) in [4.78, 5) is 15.3. The molecule has 2 aromatic heterocycles. The second kappa shape index (κ2) is 12.6. The van der Waals surface area contributed by atoms with Gasteiger partial charge < -0.3 is 4.42 Å². The predicted octanol–water partition coefficient (Wildman–Crippen LogP) is 13.6. The lowest BCUT2D eigenvalue weighted by atomic mass is 10.00. The van der Waals surface area contributed by atoms with Crippen LogP contribution in [0.1, 0.15) is 0 Å². The van der Waals surface area contributed by atoms with E-state index < -0.39 is 0 Å². The summed E-state index contributed by atoms with van der Waals surface area (Å²) in [6, 6.07) is 66.0. The Kier molecular flexibility index (Phi) is 7.14. The molecule has 0 atom stereocenters. The van der Waals surface area contributed by atoms with Crippen molar-refractivity contribution in [1.82, 2.24) is 15.0 Å². The van der Waals surface area contributed by atoms with E-state index in [-0.39, 0.29) is 0 Å². The normalized spacial score (nSPS) is 11.6. The highest BCUT2D eigenvalue weighted by Gasteiger charge is 2.16. The lowest BCUT2D eigenvalue weighted by molar-refractivity contribution is 0.669. The molecule has 0 saturated carbocycles. The van der Waals surface area contributed by atoms with Crippen LogP contribution >= 0.6 is 0 Å². The van der Waals surface area contributed by atoms with Crippen molar-refractivity contribution in [2.24, 2.45) is 0 Å². The van der Waals surface area contributed by atoms with Gasteiger partial charge in [-0.15, -0.1) is 0 Å². The van der Waals surface area contributed by atoms with Crippen molar-refractivity contribution in [1.29, 1.82) is 0 Å². The summed E-state index contributed by atoms with van der Waals surface area (Å²) in [6.45, 7) is 0. The molecule has 4 nitrogen and oxygen atoms in total. The van der Waals surface area contributed by atoms with Gasteiger partial charge in [0.15, 0.2) is 17.5 Å². The highest BCUT2D eigenvalue weighted by Crippen LogP contribution is 2.36. The number of nitrogens with zero attached hydrogens (tertiary/aromatic N) is 3. The van der Waals surface area contributed by atoms with Crippen molar-refractivity contribution in [3.63, 3.8) is 0 Å². The Morgan fingerprint density at radius 1 is 0.255 bits per heavy atom. The molecule has 0 aliphatic carbocycles. The van der Waals surface area contributed by atoms with Crippen LogP contribution in [0.5, 0.6) is 0 Å². The quantitative estimate of drug-likeness (QED) is 0.179. The monoisotopic (exact) mass is 701 g/mol. The van der Waals surface area contributed by atoms with Crippen LogP contribution in [0.4, 0.5) is 0 Å². The Morgan fingerprint density at radius 3 is 1.16 bits per heavy atom. The molecular formula is C51H31N3O. The number of furan rings is 1. The van der Waals surface area contributed by atoms with Gasteiger partial charge in [0.2, 0.25) is 0 Å². The maximum absolute atomic E-state index is 6.56. The maximum atomic E-state index is 6.56. The molecule has 0 N–H and O–H groups in total. The van der Waals surface area contributed by atoms with Crippen molar-refractivity contribution >= 4 is 54.3 Å². The van der Waals surface area contributed by atoms with E-state index in [2.05, 4.69) is 182 Å². The smallest absolute Gasteiger partial charge is 0.164 e. The minimum atomic E-state index is 0.590. The standard InChI is InChI=1S/C51H31N3O/c1-2-8-32(9-3-1)37-17-18-40-29-43(21-19-38(40)27-37)50-52-49(42-20-15-34-11-5-7-13-36(34)28-42)53-51(54-50)44-23-25-46-45-24-22-41(30-47(45)55-48(46)31-44)39-16-14-33-10-4-6-12-35(33)26-39/h1-31H. The summed E-state index contributed by atoms with van der Waals surface area (Å²) in [5.74, 6) is 1.83. The van der Waals surface area contributed by atoms with E-state index >= 15 is 0 Å². The van der Waals surface area contributed by atoms with Gasteiger partial charge in [0.25, 0.3) is 0 Å². The average Bonchev–Trinajstić information content (AvgIpc) is 3.63. The molecule has 0 aliphatic heterocycles. The first-order chi connectivity index (χ1) is 27.2. The Morgan fingerprint density at radius 2 is 0.600 bits per heavy atom. The van der Waals surface area contributed by atoms with E-state index in [9.17, 15) is 0 Å². The SMILES string of the molecule is c1ccc(-c2ccc3cc(-c4nc(-c5ccc6ccccc6c5)nc(-c5ccc6c(c5)oc5cc(-c7ccc8ccccc8c7)ccc56)n4)ccc3c2)cc1. The summed E-state index contributed by atoms with van der Waals surface area (Å²) < 4.78 is 6.56. The molecule has 2 heterocycles. The molecule has 0 bridgehead atoms. The van der Waals surface area contributed by atoms with Gasteiger partial charge in [-0.05, 0) is 103 Å². The summed E-state index contributed by atoms with van der Waals surface area (Å²) >= 11 is 0. The zero-order chi connectivity index (χ0) is 36.3. The van der Waals surface area contributed by atoms with Crippen LogP contribution in [0.15, 0.2) is 192 Å². The van der Waals surface area contributed by atoms with E-state index in [1.807, 2.05) is 6.07 Å². The van der Waals surface area contributed by atoms with Crippen molar-refractivity contribution in [3.05, 3.63) is 188 Å². The second-order valence-corrected chi connectivity index (χ2v) is 14.1. The van der Waals surface area contributed by atoms with Gasteiger partial charge >= 0.3 is 0 Å². The van der Waals surface area contributed by atoms with E-state index in [4.69, 9.17) is 19.4 Å². The Balaban J connectivity index is 1.02. The zero-order valence-corrected chi connectivity index (χ0v) is 29.6. The minimum absolute atomic E-state index is 0.590. The summed E-state index contributed by atoms with van der Waals surface area (Å²) in [5, 5.41) is 9.16. The number of hydrogen-bond acceptors (Lipinski definition) is 4. The summed E-state index contributed by atoms with van der Waals surface area (Å²) in [7, 11) is 0. The molecule has 4 heteroatoms. The molecule has 11 rings (SSSR count). The molecule has 11 aromatic rings. The summed E-state index contributed by atoms with van der Waals surface area (Å²) in [5.41, 5.74) is 9.02. The first kappa shape index (κ1) is 31.1. The minimum Gasteiger partial charge on any atom is -0.456 e. The third-order valence-electron chi connectivity index (χ3n) is 10.7. The van der Waals surface area contributed by atoms with E-state index in [1.54, 1.807) is 0 Å². The fourth-order valence-corrected chi connectivity index (χ4v) is 7.75. The molecule has 256 valence electrons. The van der Waals surface area contributed by atoms with Gasteiger partial charge in [0, 0.05) is 27.5 Å². The van der Waals surface area contributed by atoms with E-state index in [0.717, 1.165) is 65.9 Å². The van der Waals surface area contributed by atoms with Crippen molar-refractivity contribution in [3.8, 4) is 56.4 Å². The maximum Gasteiger partial charge on any atom is 0.164 e. The van der Waals surface area contributed by atoms with Crippen LogP contribution in [-0.4, -0.2) is 15.0 Å². The number of fused-ring (bicyclic) bond motifs is 6. The van der Waals surface area contributed by atoms with Crippen molar-refractivity contribution < 1.29 is 4.42 Å². The third-order valence-corrected chi connectivity index (χ3v) is 10.7. The lowest BCUT2D eigenvalue weighted by Gasteiger charge is -2.10. The fourth-order valence-electron chi connectivity index (χ4n) is 7.75. The van der Waals surface area contributed by atoms with Crippen LogP contribution in [-0.2, 0) is 0 Å². The third kappa shape index (κ3) is 5.60. The molecule has 0 unspecified atom stereocenters. The first-order valence-corrected chi connectivity index (χ1v) is 18.5. The number of benzene rings is 9. The van der Waals surface area contributed by atoms with Gasteiger partial charge in [0.1, 0.15) is 11.2 Å². The van der Waals surface area contributed by atoms with Crippen LogP contribution < -0.4 is 0 Å².